The van der Waals surface area contributed by atoms with Gasteiger partial charge in [-0.1, -0.05) is 29.3 Å². The third-order valence-corrected chi connectivity index (χ3v) is 2.05. The van der Waals surface area contributed by atoms with E-state index in [1.54, 1.807) is 0 Å². The zero-order valence-corrected chi connectivity index (χ0v) is 6.65. The van der Waals surface area contributed by atoms with Crippen molar-refractivity contribution in [2.24, 2.45) is 0 Å². The van der Waals surface area contributed by atoms with Crippen molar-refractivity contribution in [2.75, 3.05) is 5.33 Å². The predicted molar refractivity (Wildman–Crippen MR) is 37.4 cm³/mol. The first kappa shape index (κ1) is 6.56. The van der Waals surface area contributed by atoms with Gasteiger partial charge in [-0.05, 0) is 6.42 Å². The number of halogens is 1. The second kappa shape index (κ2) is 2.83. The van der Waals surface area contributed by atoms with Crippen LogP contribution in [0.5, 0.6) is 0 Å². The minimum atomic E-state index is 0.537. The molecule has 48 valence electrons. The van der Waals surface area contributed by atoms with Crippen LogP contribution < -0.4 is 0 Å². The van der Waals surface area contributed by atoms with E-state index in [1.165, 1.54) is 12.8 Å². The summed E-state index contributed by atoms with van der Waals surface area (Å²) in [6.45, 7) is 2.19. The number of epoxide rings is 1. The molecule has 1 heterocycles. The third-order valence-electron chi connectivity index (χ3n) is 1.41. The Morgan fingerprint density at radius 3 is 2.62 bits per heavy atom. The molecule has 0 spiro atoms. The predicted octanol–water partition coefficient (Wildman–Crippen LogP) is 1.95. The Kier molecular flexibility index (Phi) is 2.32. The fourth-order valence-electron chi connectivity index (χ4n) is 0.853. The van der Waals surface area contributed by atoms with Gasteiger partial charge in [-0.15, -0.1) is 0 Å². The SMILES string of the molecule is CCC[C@H]1O[C@@H]1CBr. The standard InChI is InChI=1S/C6H11BrO/c1-2-3-5-6(4-7)8-5/h5-6H,2-4H2,1H3/t5-,6-/m1/s1. The number of alkyl halides is 1. The Morgan fingerprint density at radius 1 is 1.50 bits per heavy atom. The molecule has 0 aromatic rings. The average Bonchev–Trinajstić information content (AvgIpc) is 2.48. The lowest BCUT2D eigenvalue weighted by molar-refractivity contribution is 0.371. The minimum Gasteiger partial charge on any atom is -0.369 e. The molecule has 8 heavy (non-hydrogen) atoms. The lowest BCUT2D eigenvalue weighted by atomic mass is 10.2. The van der Waals surface area contributed by atoms with Crippen LogP contribution in [0, 0.1) is 0 Å². The van der Waals surface area contributed by atoms with Crippen molar-refractivity contribution in [1.82, 2.24) is 0 Å². The summed E-state index contributed by atoms with van der Waals surface area (Å²) < 4.78 is 5.26. The van der Waals surface area contributed by atoms with Crippen molar-refractivity contribution < 1.29 is 4.74 Å². The second-order valence-corrected chi connectivity index (χ2v) is 2.80. The van der Waals surface area contributed by atoms with Crippen LogP contribution in [0.1, 0.15) is 19.8 Å². The average molecular weight is 179 g/mol. The van der Waals surface area contributed by atoms with Gasteiger partial charge in [0.25, 0.3) is 0 Å². The Hall–Kier alpha value is 0.440. The van der Waals surface area contributed by atoms with Crippen molar-refractivity contribution in [3.05, 3.63) is 0 Å². The first-order valence-corrected chi connectivity index (χ1v) is 4.22. The van der Waals surface area contributed by atoms with E-state index in [-0.39, 0.29) is 0 Å². The number of rotatable bonds is 3. The Labute approximate surface area is 58.5 Å². The highest BCUT2D eigenvalue weighted by molar-refractivity contribution is 9.09. The van der Waals surface area contributed by atoms with Gasteiger partial charge in [0.05, 0.1) is 12.2 Å². The van der Waals surface area contributed by atoms with E-state index in [2.05, 4.69) is 22.9 Å². The first-order chi connectivity index (χ1) is 3.88. The minimum absolute atomic E-state index is 0.537. The summed E-state index contributed by atoms with van der Waals surface area (Å²) in [6.07, 6.45) is 3.60. The molecule has 0 radical (unpaired) electrons. The molecule has 1 aliphatic rings. The number of hydrogen-bond acceptors (Lipinski definition) is 1. The maximum Gasteiger partial charge on any atom is 0.0938 e. The van der Waals surface area contributed by atoms with Crippen molar-refractivity contribution >= 4 is 15.9 Å². The summed E-state index contributed by atoms with van der Waals surface area (Å²) in [5, 5.41) is 1.01. The van der Waals surface area contributed by atoms with E-state index in [0.717, 1.165) is 5.33 Å². The molecule has 1 nitrogen and oxygen atoms in total. The van der Waals surface area contributed by atoms with E-state index in [1.807, 2.05) is 0 Å². The van der Waals surface area contributed by atoms with Crippen LogP contribution in [0.3, 0.4) is 0 Å². The highest BCUT2D eigenvalue weighted by Gasteiger charge is 2.36. The molecule has 0 saturated carbocycles. The largest absolute Gasteiger partial charge is 0.369 e. The fourth-order valence-corrected chi connectivity index (χ4v) is 1.42. The molecular weight excluding hydrogens is 168 g/mol. The Bertz CT molecular complexity index is 74.9. The molecule has 1 fully saturated rings. The maximum absolute atomic E-state index is 5.26. The summed E-state index contributed by atoms with van der Waals surface area (Å²) in [5.41, 5.74) is 0. The highest BCUT2D eigenvalue weighted by Crippen LogP contribution is 2.27. The molecule has 0 bridgehead atoms. The van der Waals surface area contributed by atoms with Gasteiger partial charge in [0, 0.05) is 5.33 Å². The topological polar surface area (TPSA) is 12.5 Å². The van der Waals surface area contributed by atoms with Crippen LogP contribution in [0.25, 0.3) is 0 Å². The molecule has 0 aliphatic carbocycles. The van der Waals surface area contributed by atoms with Crippen molar-refractivity contribution in [3.8, 4) is 0 Å². The van der Waals surface area contributed by atoms with E-state index >= 15 is 0 Å². The van der Waals surface area contributed by atoms with Crippen molar-refractivity contribution in [2.45, 2.75) is 32.0 Å². The van der Waals surface area contributed by atoms with Gasteiger partial charge < -0.3 is 4.74 Å². The van der Waals surface area contributed by atoms with Crippen molar-refractivity contribution in [3.63, 3.8) is 0 Å². The molecule has 2 heteroatoms. The summed E-state index contributed by atoms with van der Waals surface area (Å²) in [4.78, 5) is 0. The van der Waals surface area contributed by atoms with Crippen LogP contribution >= 0.6 is 15.9 Å². The lowest BCUT2D eigenvalue weighted by Crippen LogP contribution is -1.92. The summed E-state index contributed by atoms with van der Waals surface area (Å²) in [5.74, 6) is 0. The molecule has 1 rings (SSSR count). The summed E-state index contributed by atoms with van der Waals surface area (Å²) in [6, 6.07) is 0. The van der Waals surface area contributed by atoms with Crippen LogP contribution in [0.2, 0.25) is 0 Å². The zero-order valence-electron chi connectivity index (χ0n) is 5.06. The van der Waals surface area contributed by atoms with Gasteiger partial charge in [0.1, 0.15) is 0 Å². The lowest BCUT2D eigenvalue weighted by Gasteiger charge is -1.83. The highest BCUT2D eigenvalue weighted by atomic mass is 79.9. The van der Waals surface area contributed by atoms with Crippen molar-refractivity contribution in [1.29, 1.82) is 0 Å². The molecule has 2 atom stereocenters. The van der Waals surface area contributed by atoms with Gasteiger partial charge in [0.2, 0.25) is 0 Å². The molecule has 0 aromatic heterocycles. The fraction of sp³-hybridized carbons (Fsp3) is 1.00. The smallest absolute Gasteiger partial charge is 0.0938 e. The Balaban J connectivity index is 1.99. The second-order valence-electron chi connectivity index (χ2n) is 2.16. The quantitative estimate of drug-likeness (QED) is 0.476. The van der Waals surface area contributed by atoms with Crippen LogP contribution in [-0.2, 0) is 4.74 Å². The summed E-state index contributed by atoms with van der Waals surface area (Å²) in [7, 11) is 0. The number of ether oxygens (including phenoxy) is 1. The third kappa shape index (κ3) is 1.46. The molecule has 0 N–H and O–H groups in total. The molecular formula is C6H11BrO. The summed E-state index contributed by atoms with van der Waals surface area (Å²) >= 11 is 3.36. The van der Waals surface area contributed by atoms with E-state index in [9.17, 15) is 0 Å². The van der Waals surface area contributed by atoms with Gasteiger partial charge in [0.15, 0.2) is 0 Å². The molecule has 0 unspecified atom stereocenters. The van der Waals surface area contributed by atoms with Crippen LogP contribution in [-0.4, -0.2) is 17.5 Å². The molecule has 0 amide bonds. The van der Waals surface area contributed by atoms with E-state index in [4.69, 9.17) is 4.74 Å². The molecule has 0 aromatic carbocycles. The monoisotopic (exact) mass is 178 g/mol. The van der Waals surface area contributed by atoms with E-state index < -0.39 is 0 Å². The van der Waals surface area contributed by atoms with Crippen LogP contribution in [0.4, 0.5) is 0 Å². The normalized spacial score (nSPS) is 35.2. The van der Waals surface area contributed by atoms with Gasteiger partial charge in [-0.3, -0.25) is 0 Å². The van der Waals surface area contributed by atoms with Gasteiger partial charge >= 0.3 is 0 Å². The Morgan fingerprint density at radius 2 is 2.25 bits per heavy atom. The molecule has 1 saturated heterocycles. The van der Waals surface area contributed by atoms with Gasteiger partial charge in [-0.25, -0.2) is 0 Å². The zero-order chi connectivity index (χ0) is 5.98. The maximum atomic E-state index is 5.26. The van der Waals surface area contributed by atoms with E-state index in [0.29, 0.717) is 12.2 Å². The number of hydrogen-bond donors (Lipinski definition) is 0. The first-order valence-electron chi connectivity index (χ1n) is 3.10. The van der Waals surface area contributed by atoms with Gasteiger partial charge in [-0.2, -0.15) is 0 Å². The molecule has 1 aliphatic heterocycles. The van der Waals surface area contributed by atoms with Crippen LogP contribution in [0.15, 0.2) is 0 Å².